The fraction of sp³-hybridized carbons (Fsp3) is 0.350. The fourth-order valence-corrected chi connectivity index (χ4v) is 4.58. The first-order valence-corrected chi connectivity index (χ1v) is 8.84. The number of Topliss-reactive ketones (excluding diaryl/α,β-unsaturated/α-hetero) is 1. The van der Waals surface area contributed by atoms with Crippen molar-refractivity contribution in [2.75, 3.05) is 0 Å². The molecule has 1 saturated heterocycles. The van der Waals surface area contributed by atoms with E-state index >= 15 is 0 Å². The molecule has 0 radical (unpaired) electrons. The molecule has 5 heteroatoms. The lowest BCUT2D eigenvalue weighted by molar-refractivity contribution is -0.872. The number of rotatable bonds is 3. The zero-order chi connectivity index (χ0) is 17.6. The molecule has 4 rings (SSSR count). The second kappa shape index (κ2) is 5.85. The number of benzene rings is 1. The number of allylic oxidation sites excluding steroid dienone is 2. The number of halogens is 1. The molecule has 1 unspecified atom stereocenters. The number of nitriles is 2. The van der Waals surface area contributed by atoms with Gasteiger partial charge in [0.15, 0.2) is 11.8 Å². The van der Waals surface area contributed by atoms with Crippen LogP contribution >= 0.6 is 11.6 Å². The van der Waals surface area contributed by atoms with Gasteiger partial charge in [-0.3, -0.25) is 9.69 Å². The number of nitrogens with zero attached hydrogens (tertiary/aromatic N) is 2. The summed E-state index contributed by atoms with van der Waals surface area (Å²) in [6.07, 6.45) is 9.32. The van der Waals surface area contributed by atoms with Gasteiger partial charge in [-0.2, -0.15) is 10.5 Å². The van der Waals surface area contributed by atoms with Crippen molar-refractivity contribution in [3.05, 3.63) is 59.3 Å². The SMILES string of the molecule is N#CC1(C#N)[C@@H](c2ccccc2Cl)[C@@H](C(=O)C2CC2)[NH+]2C=CC=C[C@@H]21. The molecule has 2 fully saturated rings. The van der Waals surface area contributed by atoms with E-state index < -0.39 is 17.4 Å². The minimum atomic E-state index is -1.32. The van der Waals surface area contributed by atoms with Crippen LogP contribution in [0.3, 0.4) is 0 Å². The lowest BCUT2D eigenvalue weighted by Gasteiger charge is -2.24. The van der Waals surface area contributed by atoms with Gasteiger partial charge in [0.2, 0.25) is 5.41 Å². The molecule has 1 saturated carbocycles. The van der Waals surface area contributed by atoms with Crippen LogP contribution in [0.1, 0.15) is 24.3 Å². The molecule has 0 bridgehead atoms. The van der Waals surface area contributed by atoms with E-state index in [-0.39, 0.29) is 17.7 Å². The third-order valence-electron chi connectivity index (χ3n) is 5.63. The van der Waals surface area contributed by atoms with Crippen LogP contribution in [0.5, 0.6) is 0 Å². The van der Waals surface area contributed by atoms with Gasteiger partial charge in [0.25, 0.3) is 0 Å². The zero-order valence-electron chi connectivity index (χ0n) is 13.5. The van der Waals surface area contributed by atoms with Gasteiger partial charge in [0.1, 0.15) is 6.04 Å². The monoisotopic (exact) mass is 350 g/mol. The summed E-state index contributed by atoms with van der Waals surface area (Å²) in [4.78, 5) is 14.0. The second-order valence-corrected chi connectivity index (χ2v) is 7.38. The lowest BCUT2D eigenvalue weighted by Crippen LogP contribution is -3.14. The quantitative estimate of drug-likeness (QED) is 0.908. The molecule has 4 atom stereocenters. The van der Waals surface area contributed by atoms with Gasteiger partial charge in [-0.15, -0.1) is 0 Å². The number of quaternary nitrogens is 1. The normalized spacial score (nSPS) is 31.8. The molecule has 0 spiro atoms. The number of carbonyl (C=O) groups is 1. The third kappa shape index (κ3) is 2.26. The molecule has 1 aliphatic carbocycles. The Labute approximate surface area is 151 Å². The minimum absolute atomic E-state index is 0.0515. The van der Waals surface area contributed by atoms with Gasteiger partial charge in [-0.05, 0) is 36.6 Å². The van der Waals surface area contributed by atoms with E-state index in [1.54, 1.807) is 6.07 Å². The molecule has 0 amide bonds. The topological polar surface area (TPSA) is 69.1 Å². The van der Waals surface area contributed by atoms with Crippen LogP contribution in [-0.2, 0) is 4.79 Å². The van der Waals surface area contributed by atoms with Crippen molar-refractivity contribution in [3.63, 3.8) is 0 Å². The van der Waals surface area contributed by atoms with Crippen LogP contribution in [0.4, 0.5) is 0 Å². The Morgan fingerprint density at radius 3 is 2.56 bits per heavy atom. The Hall–Kier alpha value is -2.40. The molecule has 1 aromatic carbocycles. The maximum atomic E-state index is 13.1. The number of nitrogens with one attached hydrogen (secondary N) is 1. The molecule has 3 aliphatic rings. The summed E-state index contributed by atoms with van der Waals surface area (Å²) in [7, 11) is 0. The van der Waals surface area contributed by atoms with E-state index in [2.05, 4.69) is 12.1 Å². The summed E-state index contributed by atoms with van der Waals surface area (Å²) in [6.45, 7) is 0. The van der Waals surface area contributed by atoms with Gasteiger partial charge >= 0.3 is 0 Å². The average molecular weight is 351 g/mol. The van der Waals surface area contributed by atoms with E-state index in [0.717, 1.165) is 23.3 Å². The predicted octanol–water partition coefficient (Wildman–Crippen LogP) is 2.16. The van der Waals surface area contributed by atoms with Gasteiger partial charge in [-0.1, -0.05) is 35.9 Å². The fourth-order valence-electron chi connectivity index (χ4n) is 4.32. The Bertz CT molecular complexity index is 858. The van der Waals surface area contributed by atoms with E-state index in [0.29, 0.717) is 5.02 Å². The van der Waals surface area contributed by atoms with Crippen LogP contribution in [-0.4, -0.2) is 17.9 Å². The number of hydrogen-bond acceptors (Lipinski definition) is 3. The van der Waals surface area contributed by atoms with E-state index in [4.69, 9.17) is 11.6 Å². The summed E-state index contributed by atoms with van der Waals surface area (Å²) >= 11 is 6.43. The highest BCUT2D eigenvalue weighted by molar-refractivity contribution is 6.31. The highest BCUT2D eigenvalue weighted by atomic mass is 35.5. The zero-order valence-corrected chi connectivity index (χ0v) is 14.3. The molecule has 124 valence electrons. The molecule has 2 heterocycles. The van der Waals surface area contributed by atoms with Crippen molar-refractivity contribution in [3.8, 4) is 12.1 Å². The summed E-state index contributed by atoms with van der Waals surface area (Å²) in [5, 5.41) is 20.6. The molecule has 0 aromatic heterocycles. The number of ketones is 1. The second-order valence-electron chi connectivity index (χ2n) is 6.97. The van der Waals surface area contributed by atoms with Crippen molar-refractivity contribution in [2.24, 2.45) is 11.3 Å². The van der Waals surface area contributed by atoms with E-state index in [9.17, 15) is 15.3 Å². The van der Waals surface area contributed by atoms with Crippen LogP contribution in [0.2, 0.25) is 5.02 Å². The van der Waals surface area contributed by atoms with Gasteiger partial charge in [0, 0.05) is 10.9 Å². The summed E-state index contributed by atoms with van der Waals surface area (Å²) in [5.74, 6) is -0.343. The van der Waals surface area contributed by atoms with Crippen LogP contribution < -0.4 is 4.90 Å². The molecule has 4 nitrogen and oxygen atoms in total. The van der Waals surface area contributed by atoms with Crippen molar-refractivity contribution in [1.29, 1.82) is 10.5 Å². The van der Waals surface area contributed by atoms with Crippen LogP contribution in [0, 0.1) is 34.0 Å². The first-order valence-electron chi connectivity index (χ1n) is 8.46. The Balaban J connectivity index is 1.94. The molecule has 25 heavy (non-hydrogen) atoms. The van der Waals surface area contributed by atoms with Crippen molar-refractivity contribution < 1.29 is 9.69 Å². The highest BCUT2D eigenvalue weighted by Crippen LogP contribution is 2.48. The summed E-state index contributed by atoms with van der Waals surface area (Å²) < 4.78 is 0. The maximum Gasteiger partial charge on any atom is 0.211 e. The largest absolute Gasteiger partial charge is 0.293 e. The Morgan fingerprint density at radius 1 is 1.20 bits per heavy atom. The Morgan fingerprint density at radius 2 is 1.92 bits per heavy atom. The van der Waals surface area contributed by atoms with E-state index in [1.807, 2.05) is 42.6 Å². The summed E-state index contributed by atoms with van der Waals surface area (Å²) in [6, 6.07) is 11.0. The number of hydrogen-bond donors (Lipinski definition) is 1. The van der Waals surface area contributed by atoms with Gasteiger partial charge < -0.3 is 0 Å². The molecule has 2 aliphatic heterocycles. The molecular weight excluding hydrogens is 334 g/mol. The minimum Gasteiger partial charge on any atom is -0.293 e. The van der Waals surface area contributed by atoms with Crippen LogP contribution in [0.25, 0.3) is 0 Å². The standard InChI is InChI=1S/C20H16ClN3O/c21-15-6-2-1-5-14(15)17-18(19(25)13-8-9-13)24-10-4-3-7-16(24)20(17,11-22)12-23/h1-7,10,13,16-18H,8-9H2/p+1/t16-,17+,18+/m1/s1. The van der Waals surface area contributed by atoms with Gasteiger partial charge in [0.05, 0.1) is 24.3 Å². The molecule has 1 N–H and O–H groups in total. The van der Waals surface area contributed by atoms with Gasteiger partial charge in [-0.25, -0.2) is 0 Å². The maximum absolute atomic E-state index is 13.1. The van der Waals surface area contributed by atoms with Crippen molar-refractivity contribution in [1.82, 2.24) is 0 Å². The third-order valence-corrected chi connectivity index (χ3v) is 5.98. The van der Waals surface area contributed by atoms with Crippen molar-refractivity contribution >= 4 is 17.4 Å². The summed E-state index contributed by atoms with van der Waals surface area (Å²) in [5.41, 5.74) is -0.605. The van der Waals surface area contributed by atoms with Crippen molar-refractivity contribution in [2.45, 2.75) is 30.8 Å². The smallest absolute Gasteiger partial charge is 0.211 e. The molecular formula is C20H17ClN3O+. The first kappa shape index (κ1) is 16.1. The van der Waals surface area contributed by atoms with Crippen LogP contribution in [0.15, 0.2) is 48.7 Å². The first-order chi connectivity index (χ1) is 12.1. The average Bonchev–Trinajstić information content (AvgIpc) is 3.44. The van der Waals surface area contributed by atoms with E-state index in [1.165, 1.54) is 0 Å². The highest BCUT2D eigenvalue weighted by Gasteiger charge is 2.67. The molecule has 1 aromatic rings. The Kier molecular flexibility index (Phi) is 3.76. The number of fused-ring (bicyclic) bond motifs is 1. The lowest BCUT2D eigenvalue weighted by atomic mass is 9.69. The number of carbonyl (C=O) groups excluding carboxylic acids is 1. The predicted molar refractivity (Wildman–Crippen MR) is 92.4 cm³/mol.